The van der Waals surface area contributed by atoms with Crippen LogP contribution < -0.4 is 4.90 Å². The molecule has 0 aliphatic heterocycles. The molecule has 8 heteroatoms. The first-order valence-electron chi connectivity index (χ1n) is 7.67. The molecule has 0 saturated carbocycles. The lowest BCUT2D eigenvalue weighted by atomic mass is 10.2. The number of hydrogen-bond acceptors (Lipinski definition) is 4. The number of aromatic nitrogens is 3. The van der Waals surface area contributed by atoms with Gasteiger partial charge in [-0.25, -0.2) is 14.4 Å². The highest BCUT2D eigenvalue weighted by molar-refractivity contribution is 7.19. The van der Waals surface area contributed by atoms with Crippen LogP contribution >= 0.6 is 22.9 Å². The molecule has 4 rings (SSSR count). The van der Waals surface area contributed by atoms with Crippen molar-refractivity contribution in [3.63, 3.8) is 0 Å². The molecule has 3 aromatic heterocycles. The number of halogens is 2. The average molecular weight is 387 g/mol. The summed E-state index contributed by atoms with van der Waals surface area (Å²) in [5, 5.41) is 0. The summed E-state index contributed by atoms with van der Waals surface area (Å²) in [6.45, 7) is 0. The van der Waals surface area contributed by atoms with Gasteiger partial charge in [-0.3, -0.25) is 9.20 Å². The zero-order valence-electron chi connectivity index (χ0n) is 13.6. The van der Waals surface area contributed by atoms with Crippen LogP contribution in [0.25, 0.3) is 16.3 Å². The van der Waals surface area contributed by atoms with Gasteiger partial charge >= 0.3 is 0 Å². The molecule has 3 heterocycles. The lowest BCUT2D eigenvalue weighted by Gasteiger charge is -2.17. The quantitative estimate of drug-likeness (QED) is 0.520. The van der Waals surface area contributed by atoms with Crippen molar-refractivity contribution in [2.24, 2.45) is 0 Å². The van der Waals surface area contributed by atoms with Crippen molar-refractivity contribution < 1.29 is 9.18 Å². The van der Waals surface area contributed by atoms with Gasteiger partial charge in [0.1, 0.15) is 17.2 Å². The van der Waals surface area contributed by atoms with Gasteiger partial charge in [0.25, 0.3) is 5.91 Å². The molecular weight excluding hydrogens is 375 g/mol. The second-order valence-corrected chi connectivity index (χ2v) is 7.26. The monoisotopic (exact) mass is 386 g/mol. The highest BCUT2D eigenvalue weighted by Crippen LogP contribution is 2.33. The summed E-state index contributed by atoms with van der Waals surface area (Å²) in [4.78, 5) is 24.2. The number of amides is 1. The smallest absolute Gasteiger partial charge is 0.277 e. The highest BCUT2D eigenvalue weighted by Gasteiger charge is 2.25. The van der Waals surface area contributed by atoms with E-state index >= 15 is 0 Å². The molecule has 5 nitrogen and oxygen atoms in total. The number of carbonyl (C=O) groups is 1. The molecule has 0 N–H and O–H groups in total. The predicted octanol–water partition coefficient (Wildman–Crippen LogP) is 4.53. The molecule has 1 aromatic carbocycles. The maximum atomic E-state index is 13.2. The number of nitrogens with zero attached hydrogens (tertiary/aromatic N) is 4. The summed E-state index contributed by atoms with van der Waals surface area (Å²) in [6, 6.07) is 11.0. The Labute approximate surface area is 157 Å². The van der Waals surface area contributed by atoms with E-state index in [0.717, 1.165) is 4.88 Å². The Morgan fingerprint density at radius 2 is 2.00 bits per heavy atom. The van der Waals surface area contributed by atoms with Crippen molar-refractivity contribution in [3.05, 3.63) is 70.7 Å². The van der Waals surface area contributed by atoms with Crippen LogP contribution in [0.15, 0.2) is 54.9 Å². The number of benzene rings is 1. The molecule has 0 bridgehead atoms. The minimum Gasteiger partial charge on any atom is -0.310 e. The van der Waals surface area contributed by atoms with Crippen molar-refractivity contribution in [3.8, 4) is 10.6 Å². The van der Waals surface area contributed by atoms with Crippen LogP contribution in [0.3, 0.4) is 0 Å². The molecule has 0 aliphatic rings. The molecule has 0 saturated heterocycles. The van der Waals surface area contributed by atoms with Crippen LogP contribution in [0, 0.1) is 5.82 Å². The van der Waals surface area contributed by atoms with Gasteiger partial charge in [0.15, 0.2) is 0 Å². The van der Waals surface area contributed by atoms with E-state index in [1.165, 1.54) is 28.4 Å². The Bertz CT molecular complexity index is 1110. The largest absolute Gasteiger partial charge is 0.310 e. The fourth-order valence-corrected chi connectivity index (χ4v) is 3.68. The second kappa shape index (κ2) is 6.51. The average Bonchev–Trinajstić information content (AvgIpc) is 3.24. The van der Waals surface area contributed by atoms with Crippen LogP contribution in [0.4, 0.5) is 10.1 Å². The number of hydrogen-bond donors (Lipinski definition) is 0. The Kier molecular flexibility index (Phi) is 4.18. The predicted molar refractivity (Wildman–Crippen MR) is 100 cm³/mol. The van der Waals surface area contributed by atoms with E-state index in [4.69, 9.17) is 11.6 Å². The highest BCUT2D eigenvalue weighted by atomic mass is 35.5. The Balaban J connectivity index is 1.86. The van der Waals surface area contributed by atoms with E-state index < -0.39 is 0 Å². The van der Waals surface area contributed by atoms with Crippen LogP contribution in [0.5, 0.6) is 0 Å². The van der Waals surface area contributed by atoms with Crippen molar-refractivity contribution in [2.75, 3.05) is 11.9 Å². The summed E-state index contributed by atoms with van der Waals surface area (Å²) < 4.78 is 15.4. The number of carbonyl (C=O) groups excluding carboxylic acids is 1. The van der Waals surface area contributed by atoms with Gasteiger partial charge in [-0.15, -0.1) is 11.3 Å². The van der Waals surface area contributed by atoms with Crippen LogP contribution in [0.1, 0.15) is 10.5 Å². The Morgan fingerprint density at radius 1 is 1.23 bits per heavy atom. The van der Waals surface area contributed by atoms with Gasteiger partial charge in [-0.2, -0.15) is 0 Å². The SMILES string of the molecule is CN(C(=O)c1c(-c2ccc(Cl)s2)nc2ncccn12)c1ccc(F)cc1. The molecular formula is C18H12ClFN4OS. The fraction of sp³-hybridized carbons (Fsp3) is 0.0556. The third-order valence-electron chi connectivity index (χ3n) is 3.93. The third-order valence-corrected chi connectivity index (χ3v) is 5.17. The number of anilines is 1. The molecule has 0 unspecified atom stereocenters. The summed E-state index contributed by atoms with van der Waals surface area (Å²) in [5.41, 5.74) is 1.46. The summed E-state index contributed by atoms with van der Waals surface area (Å²) in [5.74, 6) is -0.220. The number of fused-ring (bicyclic) bond motifs is 1. The third kappa shape index (κ3) is 2.85. The van der Waals surface area contributed by atoms with Gasteiger partial charge in [-0.05, 0) is 42.5 Å². The molecule has 130 valence electrons. The fourth-order valence-electron chi connectivity index (χ4n) is 2.65. The second-order valence-electron chi connectivity index (χ2n) is 5.54. The van der Waals surface area contributed by atoms with E-state index in [2.05, 4.69) is 9.97 Å². The van der Waals surface area contributed by atoms with Crippen molar-refractivity contribution in [2.45, 2.75) is 0 Å². The van der Waals surface area contributed by atoms with E-state index in [-0.39, 0.29) is 11.7 Å². The first kappa shape index (κ1) is 16.7. The number of rotatable bonds is 3. The van der Waals surface area contributed by atoms with Crippen LogP contribution in [-0.2, 0) is 0 Å². The van der Waals surface area contributed by atoms with Gasteiger partial charge in [-0.1, -0.05) is 11.6 Å². The molecule has 4 aromatic rings. The lowest BCUT2D eigenvalue weighted by molar-refractivity contribution is 0.0988. The van der Waals surface area contributed by atoms with E-state index in [1.54, 1.807) is 48.1 Å². The molecule has 26 heavy (non-hydrogen) atoms. The molecule has 0 radical (unpaired) electrons. The lowest BCUT2D eigenvalue weighted by Crippen LogP contribution is -2.28. The first-order chi connectivity index (χ1) is 12.5. The minimum absolute atomic E-state index is 0.281. The van der Waals surface area contributed by atoms with E-state index in [0.29, 0.717) is 27.2 Å². The standard InChI is InChI=1S/C18H12ClFN4OS/c1-23(12-5-3-11(20)4-6-12)17(25)16-15(13-7-8-14(19)26-13)22-18-21-9-2-10-24(16)18/h2-10H,1H3. The molecule has 1 amide bonds. The molecule has 0 fully saturated rings. The van der Waals surface area contributed by atoms with Crippen molar-refractivity contribution in [1.82, 2.24) is 14.4 Å². The number of imidazole rings is 1. The minimum atomic E-state index is -0.359. The zero-order chi connectivity index (χ0) is 18.3. The van der Waals surface area contributed by atoms with Gasteiger partial charge in [0.2, 0.25) is 5.78 Å². The Hall–Kier alpha value is -2.77. The van der Waals surface area contributed by atoms with Crippen molar-refractivity contribution in [1.29, 1.82) is 0 Å². The van der Waals surface area contributed by atoms with Crippen LogP contribution in [-0.4, -0.2) is 27.3 Å². The van der Waals surface area contributed by atoms with Gasteiger partial charge < -0.3 is 4.90 Å². The van der Waals surface area contributed by atoms with Crippen molar-refractivity contribution >= 4 is 40.3 Å². The summed E-state index contributed by atoms with van der Waals surface area (Å²) in [6.07, 6.45) is 3.35. The maximum Gasteiger partial charge on any atom is 0.277 e. The maximum absolute atomic E-state index is 13.2. The zero-order valence-corrected chi connectivity index (χ0v) is 15.1. The summed E-state index contributed by atoms with van der Waals surface area (Å²) in [7, 11) is 1.64. The molecule has 0 aliphatic carbocycles. The topological polar surface area (TPSA) is 50.5 Å². The van der Waals surface area contributed by atoms with E-state index in [1.807, 2.05) is 6.07 Å². The normalized spacial score (nSPS) is 11.0. The van der Waals surface area contributed by atoms with E-state index in [9.17, 15) is 9.18 Å². The van der Waals surface area contributed by atoms with Gasteiger partial charge in [0, 0.05) is 25.1 Å². The Morgan fingerprint density at radius 3 is 2.69 bits per heavy atom. The van der Waals surface area contributed by atoms with Gasteiger partial charge in [0.05, 0.1) is 9.21 Å². The molecule has 0 atom stereocenters. The summed E-state index contributed by atoms with van der Waals surface area (Å²) >= 11 is 7.39. The number of thiophene rings is 1. The molecule has 0 spiro atoms. The van der Waals surface area contributed by atoms with Crippen LogP contribution in [0.2, 0.25) is 4.34 Å². The first-order valence-corrected chi connectivity index (χ1v) is 8.86.